The highest BCUT2D eigenvalue weighted by atomic mass is 35.5. The maximum atomic E-state index is 12.2. The Kier molecular flexibility index (Phi) is 4.27. The Morgan fingerprint density at radius 2 is 1.95 bits per heavy atom. The fraction of sp³-hybridized carbons (Fsp3) is 0.267. The molecule has 2 rings (SSSR count). The molecule has 0 fully saturated rings. The number of aryl methyl sites for hydroxylation is 1. The van der Waals surface area contributed by atoms with Crippen molar-refractivity contribution in [2.45, 2.75) is 19.4 Å². The van der Waals surface area contributed by atoms with E-state index in [1.807, 2.05) is 56.3 Å². The zero-order valence-corrected chi connectivity index (χ0v) is 12.5. The van der Waals surface area contributed by atoms with Crippen LogP contribution in [0.2, 0.25) is 0 Å². The molecule has 1 aromatic carbocycles. The van der Waals surface area contributed by atoms with Crippen molar-refractivity contribution >= 4 is 28.8 Å². The molecule has 1 atom stereocenters. The third-order valence-electron chi connectivity index (χ3n) is 3.03. The van der Waals surface area contributed by atoms with E-state index in [9.17, 15) is 4.79 Å². The number of carbonyl (C=O) groups excluding carboxylic acids is 1. The number of rotatable bonds is 4. The second-order valence-electron chi connectivity index (χ2n) is 4.70. The average molecular weight is 294 g/mol. The molecule has 2 nitrogen and oxygen atoms in total. The molecule has 0 radical (unpaired) electrons. The summed E-state index contributed by atoms with van der Waals surface area (Å²) in [4.78, 5) is 14.1. The molecule has 0 aliphatic rings. The molecule has 4 heteroatoms. The minimum atomic E-state index is -0.558. The van der Waals surface area contributed by atoms with Crippen LogP contribution in [-0.2, 0) is 5.54 Å². The maximum absolute atomic E-state index is 12.2. The van der Waals surface area contributed by atoms with Crippen LogP contribution in [0.1, 0.15) is 27.0 Å². The van der Waals surface area contributed by atoms with Gasteiger partial charge in [0.15, 0.2) is 0 Å². The Morgan fingerprint density at radius 3 is 2.47 bits per heavy atom. The fourth-order valence-electron chi connectivity index (χ4n) is 1.86. The first-order valence-electron chi connectivity index (χ1n) is 6.05. The molecule has 0 saturated carbocycles. The second kappa shape index (κ2) is 5.76. The van der Waals surface area contributed by atoms with Gasteiger partial charge in [-0.1, -0.05) is 30.3 Å². The van der Waals surface area contributed by atoms with Crippen molar-refractivity contribution in [1.82, 2.24) is 5.32 Å². The largest absolute Gasteiger partial charge is 0.341 e. The van der Waals surface area contributed by atoms with Gasteiger partial charge in [0.05, 0.1) is 10.4 Å². The average Bonchev–Trinajstić information content (AvgIpc) is 2.86. The smallest absolute Gasteiger partial charge is 0.262 e. The number of carbonyl (C=O) groups is 1. The van der Waals surface area contributed by atoms with E-state index in [4.69, 9.17) is 11.6 Å². The Hall–Kier alpha value is -1.32. The number of halogens is 1. The maximum Gasteiger partial charge on any atom is 0.262 e. The van der Waals surface area contributed by atoms with Crippen molar-refractivity contribution in [3.8, 4) is 0 Å². The third kappa shape index (κ3) is 3.17. The van der Waals surface area contributed by atoms with Gasteiger partial charge in [0.1, 0.15) is 0 Å². The van der Waals surface area contributed by atoms with Gasteiger partial charge in [-0.2, -0.15) is 0 Å². The molecule has 1 N–H and O–H groups in total. The summed E-state index contributed by atoms with van der Waals surface area (Å²) in [5.41, 5.74) is 0.448. The molecule has 0 spiro atoms. The van der Waals surface area contributed by atoms with Gasteiger partial charge in [0.25, 0.3) is 5.91 Å². The summed E-state index contributed by atoms with van der Waals surface area (Å²) in [5.74, 6) is 0.248. The lowest BCUT2D eigenvalue weighted by atomic mass is 9.94. The Balaban J connectivity index is 2.22. The van der Waals surface area contributed by atoms with Gasteiger partial charge < -0.3 is 5.32 Å². The summed E-state index contributed by atoms with van der Waals surface area (Å²) < 4.78 is 0. The lowest BCUT2D eigenvalue weighted by Gasteiger charge is -2.29. The standard InChI is InChI=1S/C15H16ClNOS/c1-11-8-9-13(19-11)14(18)17-15(2,10-16)12-6-4-3-5-7-12/h3-9H,10H2,1-2H3,(H,17,18). The predicted octanol–water partition coefficient (Wildman–Crippen LogP) is 3.94. The molecule has 100 valence electrons. The third-order valence-corrected chi connectivity index (χ3v) is 4.57. The molecule has 0 aliphatic carbocycles. The van der Waals surface area contributed by atoms with Gasteiger partial charge in [0, 0.05) is 10.8 Å². The summed E-state index contributed by atoms with van der Waals surface area (Å²) in [6.07, 6.45) is 0. The van der Waals surface area contributed by atoms with E-state index in [-0.39, 0.29) is 5.91 Å². The summed E-state index contributed by atoms with van der Waals surface area (Å²) in [5, 5.41) is 3.03. The van der Waals surface area contributed by atoms with Crippen molar-refractivity contribution < 1.29 is 4.79 Å². The van der Waals surface area contributed by atoms with E-state index in [1.165, 1.54) is 11.3 Å². The molecule has 1 heterocycles. The van der Waals surface area contributed by atoms with Gasteiger partial charge in [0.2, 0.25) is 0 Å². The van der Waals surface area contributed by atoms with Crippen LogP contribution in [0.4, 0.5) is 0 Å². The monoisotopic (exact) mass is 293 g/mol. The molecule has 1 amide bonds. The van der Waals surface area contributed by atoms with Crippen LogP contribution >= 0.6 is 22.9 Å². The highest BCUT2D eigenvalue weighted by Crippen LogP contribution is 2.24. The van der Waals surface area contributed by atoms with Crippen LogP contribution in [0, 0.1) is 6.92 Å². The lowest BCUT2D eigenvalue weighted by Crippen LogP contribution is -2.44. The van der Waals surface area contributed by atoms with Gasteiger partial charge in [-0.3, -0.25) is 4.79 Å². The SMILES string of the molecule is Cc1ccc(C(=O)NC(C)(CCl)c2ccccc2)s1. The minimum Gasteiger partial charge on any atom is -0.341 e. The zero-order valence-electron chi connectivity index (χ0n) is 10.9. The topological polar surface area (TPSA) is 29.1 Å². The molecule has 0 aliphatic heterocycles. The van der Waals surface area contributed by atoms with E-state index < -0.39 is 5.54 Å². The Labute approximate surface area is 122 Å². The summed E-state index contributed by atoms with van der Waals surface area (Å²) in [7, 11) is 0. The highest BCUT2D eigenvalue weighted by molar-refractivity contribution is 7.13. The van der Waals surface area contributed by atoms with E-state index in [0.29, 0.717) is 10.8 Å². The first-order valence-corrected chi connectivity index (χ1v) is 7.41. The number of nitrogens with one attached hydrogen (secondary N) is 1. The molecular formula is C15H16ClNOS. The fourth-order valence-corrected chi connectivity index (χ4v) is 2.84. The van der Waals surface area contributed by atoms with Gasteiger partial charge >= 0.3 is 0 Å². The number of amides is 1. The van der Waals surface area contributed by atoms with Crippen LogP contribution in [0.5, 0.6) is 0 Å². The first-order chi connectivity index (χ1) is 9.05. The minimum absolute atomic E-state index is 0.0786. The summed E-state index contributed by atoms with van der Waals surface area (Å²) in [6.45, 7) is 3.92. The number of hydrogen-bond acceptors (Lipinski definition) is 2. The molecule has 1 aromatic heterocycles. The van der Waals surface area contributed by atoms with Crippen molar-refractivity contribution in [3.05, 3.63) is 57.8 Å². The van der Waals surface area contributed by atoms with Gasteiger partial charge in [-0.05, 0) is 31.5 Å². The predicted molar refractivity (Wildman–Crippen MR) is 81.0 cm³/mol. The Morgan fingerprint density at radius 1 is 1.26 bits per heavy atom. The van der Waals surface area contributed by atoms with E-state index in [2.05, 4.69) is 5.32 Å². The lowest BCUT2D eigenvalue weighted by molar-refractivity contribution is 0.0917. The summed E-state index contributed by atoms with van der Waals surface area (Å²) in [6, 6.07) is 13.6. The van der Waals surface area contributed by atoms with Crippen molar-refractivity contribution in [2.24, 2.45) is 0 Å². The van der Waals surface area contributed by atoms with Crippen LogP contribution < -0.4 is 5.32 Å². The van der Waals surface area contributed by atoms with Crippen LogP contribution in [0.3, 0.4) is 0 Å². The molecular weight excluding hydrogens is 278 g/mol. The van der Waals surface area contributed by atoms with Crippen molar-refractivity contribution in [3.63, 3.8) is 0 Å². The Bertz CT molecular complexity index is 567. The van der Waals surface area contributed by atoms with E-state index >= 15 is 0 Å². The second-order valence-corrected chi connectivity index (χ2v) is 6.25. The van der Waals surface area contributed by atoms with Crippen molar-refractivity contribution in [1.29, 1.82) is 0 Å². The quantitative estimate of drug-likeness (QED) is 0.850. The van der Waals surface area contributed by atoms with Crippen LogP contribution in [0.15, 0.2) is 42.5 Å². The van der Waals surface area contributed by atoms with E-state index in [1.54, 1.807) is 0 Å². The summed E-state index contributed by atoms with van der Waals surface area (Å²) >= 11 is 7.56. The van der Waals surface area contributed by atoms with Crippen LogP contribution in [0.25, 0.3) is 0 Å². The van der Waals surface area contributed by atoms with Gasteiger partial charge in [-0.15, -0.1) is 22.9 Å². The molecule has 1 unspecified atom stereocenters. The number of thiophene rings is 1. The van der Waals surface area contributed by atoms with E-state index in [0.717, 1.165) is 10.4 Å². The number of alkyl halides is 1. The molecule has 0 saturated heterocycles. The first kappa shape index (κ1) is 14.1. The molecule has 0 bridgehead atoms. The molecule has 2 aromatic rings. The number of benzene rings is 1. The normalized spacial score (nSPS) is 13.8. The zero-order chi connectivity index (χ0) is 13.9. The van der Waals surface area contributed by atoms with Crippen molar-refractivity contribution in [2.75, 3.05) is 5.88 Å². The van der Waals surface area contributed by atoms with Gasteiger partial charge in [-0.25, -0.2) is 0 Å². The molecule has 19 heavy (non-hydrogen) atoms. The highest BCUT2D eigenvalue weighted by Gasteiger charge is 2.28. The number of hydrogen-bond donors (Lipinski definition) is 1. The van der Waals surface area contributed by atoms with Crippen LogP contribution in [-0.4, -0.2) is 11.8 Å².